The summed E-state index contributed by atoms with van der Waals surface area (Å²) in [6, 6.07) is 19.1. The van der Waals surface area contributed by atoms with Crippen molar-refractivity contribution in [2.24, 2.45) is 5.92 Å². The van der Waals surface area contributed by atoms with Crippen molar-refractivity contribution in [1.29, 1.82) is 5.26 Å². The lowest BCUT2D eigenvalue weighted by Gasteiger charge is -2.34. The molecule has 1 heterocycles. The number of nitriles is 1. The molecule has 2 nitrogen and oxygen atoms in total. The van der Waals surface area contributed by atoms with E-state index >= 15 is 0 Å². The average Bonchev–Trinajstić information content (AvgIpc) is 2.60. The van der Waals surface area contributed by atoms with Crippen LogP contribution in [0.1, 0.15) is 25.3 Å². The van der Waals surface area contributed by atoms with E-state index in [0.717, 1.165) is 35.3 Å². The molecule has 2 heteroatoms. The van der Waals surface area contributed by atoms with Gasteiger partial charge in [0, 0.05) is 34.6 Å². The number of anilines is 1. The molecular weight excluding hydrogens is 280 g/mol. The fourth-order valence-electron chi connectivity index (χ4n) is 3.80. The minimum atomic E-state index is 0.797. The first-order valence-electron chi connectivity index (χ1n) is 8.38. The minimum Gasteiger partial charge on any atom is -0.371 e. The van der Waals surface area contributed by atoms with Crippen LogP contribution in [-0.2, 0) is 0 Å². The average molecular weight is 300 g/mol. The molecule has 0 aromatic heterocycles. The number of fused-ring (bicyclic) bond motifs is 2. The fourth-order valence-corrected chi connectivity index (χ4v) is 3.80. The first kappa shape index (κ1) is 14.1. The molecule has 0 radical (unpaired) electrons. The largest absolute Gasteiger partial charge is 0.371 e. The van der Waals surface area contributed by atoms with Gasteiger partial charge in [-0.05, 0) is 18.8 Å². The Morgan fingerprint density at radius 2 is 1.35 bits per heavy atom. The van der Waals surface area contributed by atoms with Crippen LogP contribution in [0, 0.1) is 17.2 Å². The Balaban J connectivity index is 2.06. The zero-order valence-electron chi connectivity index (χ0n) is 13.4. The monoisotopic (exact) mass is 300 g/mol. The highest BCUT2D eigenvalue weighted by Crippen LogP contribution is 2.39. The third-order valence-corrected chi connectivity index (χ3v) is 5.11. The molecule has 1 saturated heterocycles. The Bertz CT molecular complexity index is 855. The fraction of sp³-hybridized carbons (Fsp3) is 0.286. The molecule has 1 fully saturated rings. The number of hydrogen-bond donors (Lipinski definition) is 0. The molecule has 0 saturated carbocycles. The van der Waals surface area contributed by atoms with E-state index in [-0.39, 0.29) is 0 Å². The van der Waals surface area contributed by atoms with Crippen LogP contribution in [0.25, 0.3) is 21.5 Å². The van der Waals surface area contributed by atoms with Gasteiger partial charge in [0.2, 0.25) is 0 Å². The molecule has 1 aliphatic rings. The van der Waals surface area contributed by atoms with Crippen molar-refractivity contribution in [1.82, 2.24) is 0 Å². The van der Waals surface area contributed by atoms with E-state index in [1.54, 1.807) is 0 Å². The van der Waals surface area contributed by atoms with Gasteiger partial charge in [0.1, 0.15) is 6.07 Å². The van der Waals surface area contributed by atoms with E-state index in [1.165, 1.54) is 29.3 Å². The van der Waals surface area contributed by atoms with Crippen molar-refractivity contribution in [2.45, 2.75) is 19.8 Å². The second-order valence-electron chi connectivity index (χ2n) is 6.60. The molecule has 0 spiro atoms. The maximum Gasteiger partial charge on any atom is 0.100 e. The topological polar surface area (TPSA) is 27.0 Å². The van der Waals surface area contributed by atoms with Gasteiger partial charge in [-0.2, -0.15) is 5.26 Å². The van der Waals surface area contributed by atoms with Crippen molar-refractivity contribution in [3.05, 3.63) is 54.1 Å². The normalized spacial score (nSPS) is 15.9. The van der Waals surface area contributed by atoms with Crippen LogP contribution in [0.3, 0.4) is 0 Å². The number of benzene rings is 3. The number of hydrogen-bond acceptors (Lipinski definition) is 2. The summed E-state index contributed by atoms with van der Waals surface area (Å²) in [6.45, 7) is 4.54. The van der Waals surface area contributed by atoms with Crippen LogP contribution in [0.15, 0.2) is 48.5 Å². The maximum absolute atomic E-state index is 9.71. The summed E-state index contributed by atoms with van der Waals surface area (Å²) in [5, 5.41) is 14.3. The van der Waals surface area contributed by atoms with Crippen molar-refractivity contribution in [2.75, 3.05) is 18.0 Å². The third-order valence-electron chi connectivity index (χ3n) is 5.11. The smallest absolute Gasteiger partial charge is 0.100 e. The van der Waals surface area contributed by atoms with Gasteiger partial charge in [0.05, 0.1) is 11.3 Å². The molecule has 1 aliphatic heterocycles. The molecule has 3 aromatic rings. The molecule has 23 heavy (non-hydrogen) atoms. The van der Waals surface area contributed by atoms with Gasteiger partial charge in [-0.3, -0.25) is 0 Å². The molecule has 114 valence electrons. The molecular formula is C21H20N2. The van der Waals surface area contributed by atoms with E-state index in [0.29, 0.717) is 0 Å². The van der Waals surface area contributed by atoms with E-state index in [4.69, 9.17) is 0 Å². The maximum atomic E-state index is 9.71. The van der Waals surface area contributed by atoms with Gasteiger partial charge >= 0.3 is 0 Å². The van der Waals surface area contributed by atoms with Crippen LogP contribution < -0.4 is 4.90 Å². The van der Waals surface area contributed by atoms with Gasteiger partial charge < -0.3 is 4.90 Å². The minimum absolute atomic E-state index is 0.797. The highest BCUT2D eigenvalue weighted by Gasteiger charge is 2.21. The summed E-state index contributed by atoms with van der Waals surface area (Å²) in [5.74, 6) is 0.808. The van der Waals surface area contributed by atoms with Crippen LogP contribution >= 0.6 is 0 Å². The Hall–Kier alpha value is -2.53. The highest BCUT2D eigenvalue weighted by molar-refractivity contribution is 6.15. The third kappa shape index (κ3) is 2.24. The SMILES string of the molecule is CC1CCN(c2c3ccccc3c(C#N)c3ccccc23)CC1. The van der Waals surface area contributed by atoms with Crippen molar-refractivity contribution >= 4 is 27.2 Å². The van der Waals surface area contributed by atoms with Crippen molar-refractivity contribution < 1.29 is 0 Å². The second kappa shape index (κ2) is 5.59. The Kier molecular flexibility index (Phi) is 3.42. The lowest BCUT2D eigenvalue weighted by Crippen LogP contribution is -2.33. The Morgan fingerprint density at radius 1 is 0.870 bits per heavy atom. The van der Waals surface area contributed by atoms with Crippen molar-refractivity contribution in [3.8, 4) is 6.07 Å². The van der Waals surface area contributed by atoms with Crippen LogP contribution in [0.2, 0.25) is 0 Å². The quantitative estimate of drug-likeness (QED) is 0.584. The predicted octanol–water partition coefficient (Wildman–Crippen LogP) is 5.10. The molecule has 0 N–H and O–H groups in total. The highest BCUT2D eigenvalue weighted by atomic mass is 15.1. The van der Waals surface area contributed by atoms with Gasteiger partial charge in [-0.25, -0.2) is 0 Å². The summed E-state index contributed by atoms with van der Waals surface area (Å²) in [5.41, 5.74) is 2.10. The van der Waals surface area contributed by atoms with Gasteiger partial charge in [0.15, 0.2) is 0 Å². The molecule has 0 amide bonds. The molecule has 0 aliphatic carbocycles. The van der Waals surface area contributed by atoms with Gasteiger partial charge in [0.25, 0.3) is 0 Å². The molecule has 3 aromatic carbocycles. The van der Waals surface area contributed by atoms with E-state index in [1.807, 2.05) is 12.1 Å². The number of nitrogens with zero attached hydrogens (tertiary/aromatic N) is 2. The number of piperidine rings is 1. The summed E-state index contributed by atoms with van der Waals surface area (Å²) in [6.07, 6.45) is 2.48. The zero-order chi connectivity index (χ0) is 15.8. The lowest BCUT2D eigenvalue weighted by molar-refractivity contribution is 0.439. The second-order valence-corrected chi connectivity index (χ2v) is 6.60. The Labute approximate surface area is 136 Å². The van der Waals surface area contributed by atoms with Crippen LogP contribution in [0.4, 0.5) is 5.69 Å². The summed E-state index contributed by atoms with van der Waals surface area (Å²) in [7, 11) is 0. The van der Waals surface area contributed by atoms with Gasteiger partial charge in [-0.15, -0.1) is 0 Å². The summed E-state index contributed by atoms with van der Waals surface area (Å²) < 4.78 is 0. The lowest BCUT2D eigenvalue weighted by atomic mass is 9.92. The van der Waals surface area contributed by atoms with E-state index in [2.05, 4.69) is 54.3 Å². The molecule has 0 bridgehead atoms. The predicted molar refractivity (Wildman–Crippen MR) is 96.8 cm³/mol. The number of rotatable bonds is 1. The molecule has 4 rings (SSSR count). The first-order valence-corrected chi connectivity index (χ1v) is 8.38. The summed E-state index contributed by atoms with van der Waals surface area (Å²) >= 11 is 0. The first-order chi connectivity index (χ1) is 11.3. The molecule has 0 unspecified atom stereocenters. The zero-order valence-corrected chi connectivity index (χ0v) is 13.4. The molecule has 0 atom stereocenters. The van der Waals surface area contributed by atoms with E-state index < -0.39 is 0 Å². The van der Waals surface area contributed by atoms with Crippen LogP contribution in [-0.4, -0.2) is 13.1 Å². The standard InChI is InChI=1S/C21H20N2/c1-15-10-12-23(13-11-15)21-18-8-4-2-6-16(18)20(14-22)17-7-3-5-9-19(17)21/h2-9,15H,10-13H2,1H3. The van der Waals surface area contributed by atoms with Crippen molar-refractivity contribution in [3.63, 3.8) is 0 Å². The Morgan fingerprint density at radius 3 is 1.83 bits per heavy atom. The van der Waals surface area contributed by atoms with E-state index in [9.17, 15) is 5.26 Å². The summed E-state index contributed by atoms with van der Waals surface area (Å²) in [4.78, 5) is 2.52. The van der Waals surface area contributed by atoms with Crippen LogP contribution in [0.5, 0.6) is 0 Å². The van der Waals surface area contributed by atoms with Gasteiger partial charge in [-0.1, -0.05) is 55.5 Å².